The molecule has 0 radical (unpaired) electrons. The van der Waals surface area contributed by atoms with Crippen LogP contribution in [0.2, 0.25) is 0 Å². The van der Waals surface area contributed by atoms with Gasteiger partial charge in [-0.15, -0.1) is 0 Å². The number of aromatic nitrogens is 2. The molecule has 0 amide bonds. The van der Waals surface area contributed by atoms with Crippen molar-refractivity contribution in [2.75, 3.05) is 0 Å². The van der Waals surface area contributed by atoms with Gasteiger partial charge >= 0.3 is 0 Å². The van der Waals surface area contributed by atoms with Gasteiger partial charge in [-0.25, -0.2) is 0 Å². The van der Waals surface area contributed by atoms with E-state index in [1.54, 1.807) is 0 Å². The van der Waals surface area contributed by atoms with E-state index in [-0.39, 0.29) is 0 Å². The predicted octanol–water partition coefficient (Wildman–Crippen LogP) is 8.09. The van der Waals surface area contributed by atoms with Crippen LogP contribution in [0.3, 0.4) is 0 Å². The van der Waals surface area contributed by atoms with Crippen LogP contribution in [-0.4, -0.2) is 9.55 Å². The van der Waals surface area contributed by atoms with Crippen LogP contribution in [0.1, 0.15) is 0 Å². The summed E-state index contributed by atoms with van der Waals surface area (Å²) in [5.74, 6) is 0. The number of nitrogens with one attached hydrogen (secondary N) is 1. The summed E-state index contributed by atoms with van der Waals surface area (Å²) in [6.07, 6.45) is 0. The second kappa shape index (κ2) is 6.60. The maximum absolute atomic E-state index is 3.69. The smallest absolute Gasteiger partial charge is 0.0562 e. The largest absolute Gasteiger partial charge is 0.354 e. The molecule has 2 aromatic heterocycles. The average molecular weight is 409 g/mol. The molecule has 0 aliphatic rings. The summed E-state index contributed by atoms with van der Waals surface area (Å²) in [4.78, 5) is 3.69. The summed E-state index contributed by atoms with van der Waals surface area (Å²) in [7, 11) is 0. The van der Waals surface area contributed by atoms with Crippen molar-refractivity contribution in [3.8, 4) is 16.8 Å². The first-order valence-corrected chi connectivity index (χ1v) is 11.0. The number of fused-ring (bicyclic) bond motifs is 6. The van der Waals surface area contributed by atoms with Crippen molar-refractivity contribution in [1.29, 1.82) is 0 Å². The van der Waals surface area contributed by atoms with Crippen LogP contribution in [0.5, 0.6) is 0 Å². The molecular weight excluding hydrogens is 388 g/mol. The topological polar surface area (TPSA) is 20.7 Å². The molecule has 0 fully saturated rings. The molecule has 0 aliphatic heterocycles. The minimum absolute atomic E-state index is 1.16. The van der Waals surface area contributed by atoms with Gasteiger partial charge < -0.3 is 9.55 Å². The third kappa shape index (κ3) is 2.41. The van der Waals surface area contributed by atoms with E-state index >= 15 is 0 Å². The van der Waals surface area contributed by atoms with Crippen molar-refractivity contribution >= 4 is 43.6 Å². The highest BCUT2D eigenvalue weighted by Crippen LogP contribution is 2.39. The van der Waals surface area contributed by atoms with Crippen LogP contribution in [0.25, 0.3) is 60.4 Å². The Morgan fingerprint density at radius 2 is 1.25 bits per heavy atom. The first kappa shape index (κ1) is 17.4. The first-order valence-electron chi connectivity index (χ1n) is 11.0. The molecular formula is C30H20N2. The minimum atomic E-state index is 1.16. The maximum Gasteiger partial charge on any atom is 0.0562 e. The van der Waals surface area contributed by atoms with E-state index in [1.807, 2.05) is 0 Å². The molecule has 150 valence electrons. The van der Waals surface area contributed by atoms with Crippen LogP contribution in [0.15, 0.2) is 115 Å². The Morgan fingerprint density at radius 1 is 0.500 bits per heavy atom. The molecule has 0 aliphatic carbocycles. The summed E-state index contributed by atoms with van der Waals surface area (Å²) in [5.41, 5.74) is 8.47. The normalized spacial score (nSPS) is 11.8. The van der Waals surface area contributed by atoms with E-state index < -0.39 is 0 Å². The fourth-order valence-corrected chi connectivity index (χ4v) is 5.13. The van der Waals surface area contributed by atoms with Gasteiger partial charge in [0.25, 0.3) is 0 Å². The van der Waals surface area contributed by atoms with Gasteiger partial charge in [0.1, 0.15) is 0 Å². The summed E-state index contributed by atoms with van der Waals surface area (Å²) in [5, 5.41) is 5.11. The maximum atomic E-state index is 3.69. The Hall–Kier alpha value is -4.30. The van der Waals surface area contributed by atoms with E-state index in [2.05, 4.69) is 125 Å². The molecule has 0 unspecified atom stereocenters. The number of rotatable bonds is 2. The Labute approximate surface area is 185 Å². The van der Waals surface area contributed by atoms with Gasteiger partial charge in [0.05, 0.1) is 11.0 Å². The monoisotopic (exact) mass is 408 g/mol. The van der Waals surface area contributed by atoms with E-state index in [1.165, 1.54) is 54.9 Å². The zero-order valence-electron chi connectivity index (χ0n) is 17.4. The highest BCUT2D eigenvalue weighted by molar-refractivity contribution is 6.21. The highest BCUT2D eigenvalue weighted by atomic mass is 15.0. The van der Waals surface area contributed by atoms with E-state index in [4.69, 9.17) is 0 Å². The Bertz CT molecular complexity index is 1750. The second-order valence-electron chi connectivity index (χ2n) is 8.32. The quantitative estimate of drug-likeness (QED) is 0.298. The number of nitrogens with zero attached hydrogens (tertiary/aromatic N) is 1. The molecule has 0 bridgehead atoms. The number of para-hydroxylation sites is 2. The van der Waals surface area contributed by atoms with Gasteiger partial charge in [-0.3, -0.25) is 0 Å². The van der Waals surface area contributed by atoms with Crippen LogP contribution < -0.4 is 0 Å². The lowest BCUT2D eigenvalue weighted by atomic mass is 9.99. The van der Waals surface area contributed by atoms with Crippen molar-refractivity contribution in [3.05, 3.63) is 115 Å². The standard InChI is InChI=1S/C30H20N2/c1-3-10-20(11-4-1)22-15-9-16-26-30(22)25-18-24-23-14-7-8-17-28(23)32(21-12-5-2-6-13-21)29(24)19-27(25)31-26/h1-19,31H. The molecule has 0 saturated carbocycles. The number of benzene rings is 5. The van der Waals surface area contributed by atoms with Gasteiger partial charge in [0.15, 0.2) is 0 Å². The summed E-state index contributed by atoms with van der Waals surface area (Å²) < 4.78 is 2.37. The first-order chi connectivity index (χ1) is 15.9. The minimum Gasteiger partial charge on any atom is -0.354 e. The molecule has 0 atom stereocenters. The van der Waals surface area contributed by atoms with Gasteiger partial charge in [-0.05, 0) is 47.5 Å². The van der Waals surface area contributed by atoms with Crippen molar-refractivity contribution in [2.45, 2.75) is 0 Å². The third-order valence-corrected chi connectivity index (χ3v) is 6.51. The summed E-state index contributed by atoms with van der Waals surface area (Å²) in [6.45, 7) is 0. The second-order valence-corrected chi connectivity index (χ2v) is 8.32. The molecule has 5 aromatic carbocycles. The van der Waals surface area contributed by atoms with E-state index in [9.17, 15) is 0 Å². The third-order valence-electron chi connectivity index (χ3n) is 6.51. The fourth-order valence-electron chi connectivity index (χ4n) is 5.13. The number of H-pyrrole nitrogens is 1. The van der Waals surface area contributed by atoms with Crippen LogP contribution in [0, 0.1) is 0 Å². The average Bonchev–Trinajstić information content (AvgIpc) is 3.38. The molecule has 2 heteroatoms. The highest BCUT2D eigenvalue weighted by Gasteiger charge is 2.16. The number of hydrogen-bond donors (Lipinski definition) is 1. The predicted molar refractivity (Wildman–Crippen MR) is 136 cm³/mol. The van der Waals surface area contributed by atoms with E-state index in [0.29, 0.717) is 0 Å². The fraction of sp³-hybridized carbons (Fsp3) is 0. The van der Waals surface area contributed by atoms with Crippen LogP contribution in [-0.2, 0) is 0 Å². The Balaban J connectivity index is 1.64. The Kier molecular flexibility index (Phi) is 3.58. The molecule has 0 saturated heterocycles. The van der Waals surface area contributed by atoms with E-state index in [0.717, 1.165) is 5.52 Å². The molecule has 0 spiro atoms. The van der Waals surface area contributed by atoms with Crippen molar-refractivity contribution < 1.29 is 0 Å². The van der Waals surface area contributed by atoms with Gasteiger partial charge in [-0.1, -0.05) is 78.9 Å². The van der Waals surface area contributed by atoms with Crippen molar-refractivity contribution in [1.82, 2.24) is 9.55 Å². The molecule has 7 rings (SSSR count). The molecule has 1 N–H and O–H groups in total. The zero-order valence-corrected chi connectivity index (χ0v) is 17.4. The lowest BCUT2D eigenvalue weighted by molar-refractivity contribution is 1.18. The van der Waals surface area contributed by atoms with Crippen molar-refractivity contribution in [2.24, 2.45) is 0 Å². The summed E-state index contributed by atoms with van der Waals surface area (Å²) in [6, 6.07) is 41.2. The number of hydrogen-bond acceptors (Lipinski definition) is 0. The lowest BCUT2D eigenvalue weighted by Gasteiger charge is -2.07. The molecule has 2 heterocycles. The molecule has 7 aromatic rings. The Morgan fingerprint density at radius 3 is 2.09 bits per heavy atom. The number of aromatic amines is 1. The molecule has 32 heavy (non-hydrogen) atoms. The SMILES string of the molecule is c1ccc(-c2cccc3[nH]c4cc5c(cc4c23)c2ccccc2n5-c2ccccc2)cc1. The van der Waals surface area contributed by atoms with Gasteiger partial charge in [0.2, 0.25) is 0 Å². The zero-order chi connectivity index (χ0) is 21.1. The lowest BCUT2D eigenvalue weighted by Crippen LogP contribution is -1.92. The van der Waals surface area contributed by atoms with Crippen LogP contribution in [0.4, 0.5) is 0 Å². The van der Waals surface area contributed by atoms with Crippen molar-refractivity contribution in [3.63, 3.8) is 0 Å². The summed E-state index contributed by atoms with van der Waals surface area (Å²) >= 11 is 0. The van der Waals surface area contributed by atoms with Crippen LogP contribution >= 0.6 is 0 Å². The van der Waals surface area contributed by atoms with Gasteiger partial charge in [-0.2, -0.15) is 0 Å². The molecule has 2 nitrogen and oxygen atoms in total. The van der Waals surface area contributed by atoms with Gasteiger partial charge in [0, 0.05) is 38.3 Å².